The number of halogens is 3. The number of hydrogen-bond acceptors (Lipinski definition) is 3. The van der Waals surface area contributed by atoms with Crippen LogP contribution in [0.15, 0.2) is 24.3 Å². The average molecular weight is 332 g/mol. The van der Waals surface area contributed by atoms with Gasteiger partial charge in [0.15, 0.2) is 0 Å². The number of carbonyl (C=O) groups is 1. The third-order valence-electron chi connectivity index (χ3n) is 3.35. The number of hydrogen-bond donors (Lipinski definition) is 2. The molecule has 1 aromatic carbocycles. The van der Waals surface area contributed by atoms with E-state index in [-0.39, 0.29) is 24.1 Å². The molecule has 1 atom stereocenters. The maximum absolute atomic E-state index is 12.1. The lowest BCUT2D eigenvalue weighted by molar-refractivity contribution is -0.274. The monoisotopic (exact) mass is 332 g/mol. The highest BCUT2D eigenvalue weighted by molar-refractivity contribution is 5.76. The quantitative estimate of drug-likeness (QED) is 0.730. The van der Waals surface area contributed by atoms with E-state index in [1.54, 1.807) is 0 Å². The van der Waals surface area contributed by atoms with Crippen LogP contribution in [0.5, 0.6) is 5.75 Å². The Hall–Kier alpha value is -1.76. The molecule has 1 aromatic rings. The highest BCUT2D eigenvalue weighted by atomic mass is 19.4. The van der Waals surface area contributed by atoms with E-state index in [0.717, 1.165) is 24.8 Å². The van der Waals surface area contributed by atoms with Crippen LogP contribution in [-0.4, -0.2) is 24.9 Å². The Morgan fingerprint density at radius 3 is 2.48 bits per heavy atom. The van der Waals surface area contributed by atoms with Gasteiger partial charge in [-0.25, -0.2) is 0 Å². The molecule has 23 heavy (non-hydrogen) atoms. The molecular formula is C16H23F3N2O2. The highest BCUT2D eigenvalue weighted by Crippen LogP contribution is 2.22. The Morgan fingerprint density at radius 2 is 1.96 bits per heavy atom. The molecule has 0 spiro atoms. The van der Waals surface area contributed by atoms with Crippen LogP contribution in [0.3, 0.4) is 0 Å². The molecule has 130 valence electrons. The second-order valence-electron chi connectivity index (χ2n) is 5.33. The van der Waals surface area contributed by atoms with Gasteiger partial charge in [-0.2, -0.15) is 0 Å². The summed E-state index contributed by atoms with van der Waals surface area (Å²) in [6, 6.07) is 5.50. The summed E-state index contributed by atoms with van der Waals surface area (Å²) in [6.45, 7) is 2.47. The largest absolute Gasteiger partial charge is 0.573 e. The SMILES string of the molecule is CCCCC(CN)NC(=O)CCc1ccc(OC(F)(F)F)cc1. The standard InChI is InChI=1S/C16H23F3N2O2/c1-2-3-4-13(11-20)21-15(22)10-7-12-5-8-14(9-6-12)23-16(17,18)19/h5-6,8-9,13H,2-4,7,10-11,20H2,1H3,(H,21,22). The van der Waals surface area contributed by atoms with Gasteiger partial charge in [-0.05, 0) is 30.5 Å². The van der Waals surface area contributed by atoms with Gasteiger partial charge in [-0.15, -0.1) is 13.2 Å². The second-order valence-corrected chi connectivity index (χ2v) is 5.33. The lowest BCUT2D eigenvalue weighted by atomic mass is 10.1. The van der Waals surface area contributed by atoms with Crippen molar-refractivity contribution in [2.24, 2.45) is 5.73 Å². The summed E-state index contributed by atoms with van der Waals surface area (Å²) >= 11 is 0. The van der Waals surface area contributed by atoms with E-state index >= 15 is 0 Å². The number of ether oxygens (including phenoxy) is 1. The van der Waals surface area contributed by atoms with Crippen molar-refractivity contribution in [2.75, 3.05) is 6.54 Å². The minimum Gasteiger partial charge on any atom is -0.406 e. The van der Waals surface area contributed by atoms with Gasteiger partial charge in [0.2, 0.25) is 5.91 Å². The normalized spacial score (nSPS) is 12.7. The number of amides is 1. The van der Waals surface area contributed by atoms with Crippen LogP contribution in [0.2, 0.25) is 0 Å². The zero-order valence-electron chi connectivity index (χ0n) is 13.2. The average Bonchev–Trinajstić information content (AvgIpc) is 2.49. The molecule has 4 nitrogen and oxygen atoms in total. The van der Waals surface area contributed by atoms with Crippen LogP contribution in [0.1, 0.15) is 38.2 Å². The molecule has 7 heteroatoms. The van der Waals surface area contributed by atoms with Gasteiger partial charge < -0.3 is 15.8 Å². The van der Waals surface area contributed by atoms with Gasteiger partial charge in [0, 0.05) is 19.0 Å². The molecule has 0 saturated heterocycles. The molecule has 0 radical (unpaired) electrons. The van der Waals surface area contributed by atoms with E-state index in [1.807, 2.05) is 0 Å². The number of unbranched alkanes of at least 4 members (excludes halogenated alkanes) is 1. The van der Waals surface area contributed by atoms with Crippen molar-refractivity contribution < 1.29 is 22.7 Å². The highest BCUT2D eigenvalue weighted by Gasteiger charge is 2.30. The zero-order valence-corrected chi connectivity index (χ0v) is 13.2. The Balaban J connectivity index is 2.40. The van der Waals surface area contributed by atoms with Gasteiger partial charge in [-0.3, -0.25) is 4.79 Å². The third-order valence-corrected chi connectivity index (χ3v) is 3.35. The molecule has 1 unspecified atom stereocenters. The molecule has 0 aliphatic carbocycles. The van der Waals surface area contributed by atoms with Crippen molar-refractivity contribution in [2.45, 2.75) is 51.4 Å². The first-order chi connectivity index (χ1) is 10.8. The molecule has 0 saturated carbocycles. The van der Waals surface area contributed by atoms with E-state index in [4.69, 9.17) is 5.73 Å². The molecule has 0 aliphatic rings. The van der Waals surface area contributed by atoms with Crippen molar-refractivity contribution in [3.63, 3.8) is 0 Å². The number of aryl methyl sites for hydroxylation is 1. The topological polar surface area (TPSA) is 64.3 Å². The third kappa shape index (κ3) is 8.44. The number of carbonyl (C=O) groups excluding carboxylic acids is 1. The van der Waals surface area contributed by atoms with Crippen molar-refractivity contribution >= 4 is 5.91 Å². The second kappa shape index (κ2) is 9.39. The summed E-state index contributed by atoms with van der Waals surface area (Å²) in [5.41, 5.74) is 6.39. The lowest BCUT2D eigenvalue weighted by Gasteiger charge is -2.16. The number of benzene rings is 1. The number of nitrogens with one attached hydrogen (secondary N) is 1. The van der Waals surface area contributed by atoms with Crippen LogP contribution in [0.25, 0.3) is 0 Å². The Morgan fingerprint density at radius 1 is 1.30 bits per heavy atom. The van der Waals surface area contributed by atoms with Gasteiger partial charge in [0.25, 0.3) is 0 Å². The summed E-state index contributed by atoms with van der Waals surface area (Å²) in [5.74, 6) is -0.374. The van der Waals surface area contributed by atoms with E-state index in [1.165, 1.54) is 24.3 Å². The fourth-order valence-corrected chi connectivity index (χ4v) is 2.11. The summed E-state index contributed by atoms with van der Waals surface area (Å²) < 4.78 is 40.0. The molecule has 0 aromatic heterocycles. The minimum absolute atomic E-state index is 0.0231. The summed E-state index contributed by atoms with van der Waals surface area (Å²) in [4.78, 5) is 11.9. The number of alkyl halides is 3. The Kier molecular flexibility index (Phi) is 7.88. The van der Waals surface area contributed by atoms with Crippen molar-refractivity contribution in [1.29, 1.82) is 0 Å². The van der Waals surface area contributed by atoms with Gasteiger partial charge in [-0.1, -0.05) is 31.9 Å². The van der Waals surface area contributed by atoms with Gasteiger partial charge in [0.1, 0.15) is 5.75 Å². The molecule has 0 heterocycles. The summed E-state index contributed by atoms with van der Waals surface area (Å²) in [6.07, 6.45) is -1.09. The molecule has 1 rings (SSSR count). The fourth-order valence-electron chi connectivity index (χ4n) is 2.11. The first-order valence-electron chi connectivity index (χ1n) is 7.68. The van der Waals surface area contributed by atoms with Crippen LogP contribution in [0, 0.1) is 0 Å². The Bertz CT molecular complexity index is 475. The Labute approximate surface area is 134 Å². The van der Waals surface area contributed by atoms with Crippen molar-refractivity contribution in [1.82, 2.24) is 5.32 Å². The van der Waals surface area contributed by atoms with Crippen LogP contribution < -0.4 is 15.8 Å². The maximum Gasteiger partial charge on any atom is 0.573 e. The molecule has 0 bridgehead atoms. The number of rotatable bonds is 9. The smallest absolute Gasteiger partial charge is 0.406 e. The van der Waals surface area contributed by atoms with E-state index < -0.39 is 6.36 Å². The minimum atomic E-state index is -4.70. The van der Waals surface area contributed by atoms with E-state index in [0.29, 0.717) is 13.0 Å². The van der Waals surface area contributed by atoms with Crippen molar-refractivity contribution in [3.05, 3.63) is 29.8 Å². The fraction of sp³-hybridized carbons (Fsp3) is 0.562. The van der Waals surface area contributed by atoms with E-state index in [2.05, 4.69) is 17.0 Å². The number of nitrogens with two attached hydrogens (primary N) is 1. The predicted molar refractivity (Wildman–Crippen MR) is 82.0 cm³/mol. The van der Waals surface area contributed by atoms with Gasteiger partial charge in [0.05, 0.1) is 0 Å². The predicted octanol–water partition coefficient (Wildman–Crippen LogP) is 3.15. The van der Waals surface area contributed by atoms with Crippen molar-refractivity contribution in [3.8, 4) is 5.75 Å². The van der Waals surface area contributed by atoms with Crippen LogP contribution >= 0.6 is 0 Å². The molecule has 3 N–H and O–H groups in total. The van der Waals surface area contributed by atoms with Crippen LogP contribution in [0.4, 0.5) is 13.2 Å². The molecule has 0 fully saturated rings. The lowest BCUT2D eigenvalue weighted by Crippen LogP contribution is -2.40. The first-order valence-corrected chi connectivity index (χ1v) is 7.68. The molecular weight excluding hydrogens is 309 g/mol. The summed E-state index contributed by atoms with van der Waals surface area (Å²) in [7, 11) is 0. The maximum atomic E-state index is 12.1. The molecule has 0 aliphatic heterocycles. The first kappa shape index (κ1) is 19.3. The van der Waals surface area contributed by atoms with Gasteiger partial charge >= 0.3 is 6.36 Å². The van der Waals surface area contributed by atoms with E-state index in [9.17, 15) is 18.0 Å². The van der Waals surface area contributed by atoms with Crippen LogP contribution in [-0.2, 0) is 11.2 Å². The molecule has 1 amide bonds. The summed E-state index contributed by atoms with van der Waals surface area (Å²) in [5, 5.41) is 2.88. The zero-order chi connectivity index (χ0) is 17.3.